The van der Waals surface area contributed by atoms with Gasteiger partial charge >= 0.3 is 0 Å². The number of alkyl halides is 1. The van der Waals surface area contributed by atoms with E-state index in [-0.39, 0.29) is 0 Å². The predicted molar refractivity (Wildman–Crippen MR) is 70.9 cm³/mol. The van der Waals surface area contributed by atoms with Gasteiger partial charge in [0.2, 0.25) is 0 Å². The Morgan fingerprint density at radius 1 is 1.25 bits per heavy atom. The molecule has 1 N–H and O–H groups in total. The molecule has 2 rings (SSSR count). The minimum atomic E-state index is 0.318. The average molecular weight is 244 g/mol. The smallest absolute Gasteiger partial charge is 0.0463 e. The van der Waals surface area contributed by atoms with E-state index in [1.165, 1.54) is 32.2 Å². The van der Waals surface area contributed by atoms with E-state index < -0.39 is 0 Å². The summed E-state index contributed by atoms with van der Waals surface area (Å²) in [6.45, 7) is 6.69. The first-order chi connectivity index (χ1) is 7.65. The van der Waals surface area contributed by atoms with Gasteiger partial charge in [0.1, 0.15) is 0 Å². The van der Waals surface area contributed by atoms with E-state index in [2.05, 4.69) is 19.2 Å². The normalized spacial score (nSPS) is 34.9. The molecule has 0 amide bonds. The Morgan fingerprint density at radius 3 is 2.62 bits per heavy atom. The highest BCUT2D eigenvalue weighted by Crippen LogP contribution is 2.47. The van der Waals surface area contributed by atoms with Crippen LogP contribution in [0.5, 0.6) is 0 Å². The average Bonchev–Trinajstić information content (AvgIpc) is 2.77. The van der Waals surface area contributed by atoms with Gasteiger partial charge in [-0.1, -0.05) is 20.3 Å². The lowest BCUT2D eigenvalue weighted by molar-refractivity contribution is 0.318. The molecule has 0 heterocycles. The molecule has 4 atom stereocenters. The molecule has 4 unspecified atom stereocenters. The van der Waals surface area contributed by atoms with E-state index in [0.29, 0.717) is 11.3 Å². The molecule has 2 aliphatic rings. The summed E-state index contributed by atoms with van der Waals surface area (Å²) in [5, 5.41) is 3.90. The molecule has 2 bridgehead atoms. The van der Waals surface area contributed by atoms with Crippen LogP contribution in [0.25, 0.3) is 0 Å². The fourth-order valence-corrected chi connectivity index (χ4v) is 4.11. The van der Waals surface area contributed by atoms with E-state index in [0.717, 1.165) is 30.7 Å². The number of fused-ring (bicyclic) bond motifs is 2. The minimum Gasteiger partial charge on any atom is -0.315 e. The Balaban J connectivity index is 1.58. The van der Waals surface area contributed by atoms with Crippen LogP contribution < -0.4 is 5.32 Å². The number of hydrogen-bond acceptors (Lipinski definition) is 1. The molecule has 0 saturated heterocycles. The van der Waals surface area contributed by atoms with Crippen LogP contribution in [-0.4, -0.2) is 18.5 Å². The summed E-state index contributed by atoms with van der Waals surface area (Å²) < 4.78 is 0. The molecule has 0 aromatic heterocycles. The Bertz CT molecular complexity index is 217. The van der Waals surface area contributed by atoms with Crippen LogP contribution in [0.4, 0.5) is 0 Å². The van der Waals surface area contributed by atoms with E-state index in [1.54, 1.807) is 0 Å². The second-order valence-corrected chi connectivity index (χ2v) is 6.94. The summed E-state index contributed by atoms with van der Waals surface area (Å²) in [5.74, 6) is 3.78. The zero-order valence-electron chi connectivity index (χ0n) is 10.7. The van der Waals surface area contributed by atoms with Crippen molar-refractivity contribution in [2.75, 3.05) is 13.1 Å². The lowest BCUT2D eigenvalue weighted by Crippen LogP contribution is -2.31. The van der Waals surface area contributed by atoms with Gasteiger partial charge in [-0.2, -0.15) is 0 Å². The molecule has 0 aromatic rings. The Kier molecular flexibility index (Phi) is 4.55. The van der Waals surface area contributed by atoms with Gasteiger partial charge in [0, 0.05) is 11.9 Å². The van der Waals surface area contributed by atoms with Gasteiger partial charge in [-0.15, -0.1) is 11.6 Å². The van der Waals surface area contributed by atoms with E-state index in [1.807, 2.05) is 0 Å². The summed E-state index contributed by atoms with van der Waals surface area (Å²) >= 11 is 6.28. The molecular weight excluding hydrogens is 218 g/mol. The molecule has 16 heavy (non-hydrogen) atoms. The van der Waals surface area contributed by atoms with Gasteiger partial charge in [-0.05, 0) is 55.9 Å². The minimum absolute atomic E-state index is 0.318. The second-order valence-electron chi connectivity index (χ2n) is 6.32. The first-order valence-electron chi connectivity index (χ1n) is 7.00. The molecule has 0 radical (unpaired) electrons. The number of hydrogen-bond donors (Lipinski definition) is 1. The SMILES string of the molecule is CC(C)CC(Cl)CNCC1CC2CCC1C2. The largest absolute Gasteiger partial charge is 0.315 e. The lowest BCUT2D eigenvalue weighted by atomic mass is 9.89. The molecule has 0 spiro atoms. The molecule has 2 fully saturated rings. The maximum Gasteiger partial charge on any atom is 0.0463 e. The monoisotopic (exact) mass is 243 g/mol. The van der Waals surface area contributed by atoms with Crippen molar-refractivity contribution >= 4 is 11.6 Å². The van der Waals surface area contributed by atoms with Crippen molar-refractivity contribution in [3.63, 3.8) is 0 Å². The van der Waals surface area contributed by atoms with Gasteiger partial charge in [0.15, 0.2) is 0 Å². The Morgan fingerprint density at radius 2 is 2.06 bits per heavy atom. The molecular formula is C14H26ClN. The van der Waals surface area contributed by atoms with Gasteiger partial charge in [0.05, 0.1) is 0 Å². The van der Waals surface area contributed by atoms with E-state index in [9.17, 15) is 0 Å². The van der Waals surface area contributed by atoms with Gasteiger partial charge < -0.3 is 5.32 Å². The molecule has 2 saturated carbocycles. The number of halogens is 1. The standard InChI is InChI=1S/C14H26ClN/c1-10(2)5-14(15)9-16-8-13-7-11-3-4-12(13)6-11/h10-14,16H,3-9H2,1-2H3. The van der Waals surface area contributed by atoms with Crippen molar-refractivity contribution in [3.05, 3.63) is 0 Å². The third-order valence-corrected chi connectivity index (χ3v) is 4.72. The highest BCUT2D eigenvalue weighted by Gasteiger charge is 2.38. The van der Waals surface area contributed by atoms with Crippen molar-refractivity contribution < 1.29 is 0 Å². The van der Waals surface area contributed by atoms with Crippen LogP contribution in [0.3, 0.4) is 0 Å². The number of nitrogens with one attached hydrogen (secondary N) is 1. The summed E-state index contributed by atoms with van der Waals surface area (Å²) in [4.78, 5) is 0. The third kappa shape index (κ3) is 3.37. The highest BCUT2D eigenvalue weighted by molar-refractivity contribution is 6.20. The van der Waals surface area contributed by atoms with Crippen molar-refractivity contribution in [1.29, 1.82) is 0 Å². The van der Waals surface area contributed by atoms with Crippen LogP contribution in [0.1, 0.15) is 46.0 Å². The van der Waals surface area contributed by atoms with Crippen molar-refractivity contribution in [2.45, 2.75) is 51.3 Å². The van der Waals surface area contributed by atoms with Gasteiger partial charge in [0.25, 0.3) is 0 Å². The summed E-state index contributed by atoms with van der Waals surface area (Å²) in [5.41, 5.74) is 0. The Hall–Kier alpha value is 0.250. The van der Waals surface area contributed by atoms with Crippen LogP contribution in [0.15, 0.2) is 0 Å². The maximum atomic E-state index is 6.28. The Labute approximate surface area is 105 Å². The summed E-state index contributed by atoms with van der Waals surface area (Å²) in [6, 6.07) is 0. The molecule has 1 nitrogen and oxygen atoms in total. The fraction of sp³-hybridized carbons (Fsp3) is 1.00. The zero-order valence-corrected chi connectivity index (χ0v) is 11.5. The van der Waals surface area contributed by atoms with E-state index >= 15 is 0 Å². The topological polar surface area (TPSA) is 12.0 Å². The van der Waals surface area contributed by atoms with Crippen LogP contribution in [0, 0.1) is 23.7 Å². The fourth-order valence-electron chi connectivity index (χ4n) is 3.65. The first kappa shape index (κ1) is 12.7. The molecule has 0 aliphatic heterocycles. The maximum absolute atomic E-state index is 6.28. The second kappa shape index (κ2) is 5.73. The van der Waals surface area contributed by atoms with E-state index in [4.69, 9.17) is 11.6 Å². The molecule has 0 aromatic carbocycles. The summed E-state index contributed by atoms with van der Waals surface area (Å²) in [7, 11) is 0. The van der Waals surface area contributed by atoms with Gasteiger partial charge in [-0.3, -0.25) is 0 Å². The third-order valence-electron chi connectivity index (χ3n) is 4.38. The van der Waals surface area contributed by atoms with Crippen molar-refractivity contribution in [1.82, 2.24) is 5.32 Å². The van der Waals surface area contributed by atoms with Gasteiger partial charge in [-0.25, -0.2) is 0 Å². The molecule has 2 heteroatoms. The van der Waals surface area contributed by atoms with Crippen LogP contribution >= 0.6 is 11.6 Å². The predicted octanol–water partition coefficient (Wildman–Crippen LogP) is 3.67. The number of rotatable bonds is 6. The molecule has 2 aliphatic carbocycles. The first-order valence-corrected chi connectivity index (χ1v) is 7.43. The van der Waals surface area contributed by atoms with Crippen molar-refractivity contribution in [3.8, 4) is 0 Å². The zero-order chi connectivity index (χ0) is 11.5. The summed E-state index contributed by atoms with van der Waals surface area (Å²) in [6.07, 6.45) is 7.13. The van der Waals surface area contributed by atoms with Crippen LogP contribution in [0.2, 0.25) is 0 Å². The molecule has 94 valence electrons. The van der Waals surface area contributed by atoms with Crippen molar-refractivity contribution in [2.24, 2.45) is 23.7 Å². The highest BCUT2D eigenvalue weighted by atomic mass is 35.5. The lowest BCUT2D eigenvalue weighted by Gasteiger charge is -2.22. The van der Waals surface area contributed by atoms with Crippen LogP contribution in [-0.2, 0) is 0 Å². The quantitative estimate of drug-likeness (QED) is 0.702.